The van der Waals surface area contributed by atoms with Gasteiger partial charge in [-0.1, -0.05) is 13.0 Å². The average molecular weight is 378 g/mol. The van der Waals surface area contributed by atoms with Crippen LogP contribution < -0.4 is 14.8 Å². The van der Waals surface area contributed by atoms with E-state index in [2.05, 4.69) is 10.0 Å². The van der Waals surface area contributed by atoms with Crippen molar-refractivity contribution < 1.29 is 17.9 Å². The molecule has 1 atom stereocenters. The van der Waals surface area contributed by atoms with E-state index in [1.165, 1.54) is 13.2 Å². The van der Waals surface area contributed by atoms with Gasteiger partial charge >= 0.3 is 0 Å². The van der Waals surface area contributed by atoms with Crippen molar-refractivity contribution in [1.82, 2.24) is 0 Å². The van der Waals surface area contributed by atoms with Gasteiger partial charge in [-0.05, 0) is 30.3 Å². The van der Waals surface area contributed by atoms with E-state index in [1.807, 2.05) is 6.92 Å². The van der Waals surface area contributed by atoms with E-state index in [-0.39, 0.29) is 16.1 Å². The summed E-state index contributed by atoms with van der Waals surface area (Å²) in [6.07, 6.45) is 0.392. The van der Waals surface area contributed by atoms with Crippen LogP contribution in [-0.2, 0) is 14.8 Å². The number of thioether (sulfide) groups is 1. The molecule has 1 aliphatic rings. The van der Waals surface area contributed by atoms with E-state index < -0.39 is 10.0 Å². The molecule has 8 heteroatoms. The summed E-state index contributed by atoms with van der Waals surface area (Å²) in [4.78, 5) is 12.8. The number of rotatable bonds is 4. The molecule has 6 nitrogen and oxygen atoms in total. The van der Waals surface area contributed by atoms with Gasteiger partial charge < -0.3 is 10.1 Å². The molecule has 3 rings (SSSR count). The minimum atomic E-state index is -3.78. The lowest BCUT2D eigenvalue weighted by Gasteiger charge is -2.12. The Labute approximate surface area is 151 Å². The number of hydrogen-bond acceptors (Lipinski definition) is 5. The molecule has 1 aliphatic heterocycles. The second-order valence-corrected chi connectivity index (χ2v) is 8.84. The van der Waals surface area contributed by atoms with Gasteiger partial charge in [0.25, 0.3) is 10.0 Å². The molecular weight excluding hydrogens is 360 g/mol. The van der Waals surface area contributed by atoms with Gasteiger partial charge in [-0.25, -0.2) is 8.42 Å². The van der Waals surface area contributed by atoms with Gasteiger partial charge in [0, 0.05) is 22.6 Å². The number of fused-ring (bicyclic) bond motifs is 1. The number of hydrogen-bond donors (Lipinski definition) is 2. The lowest BCUT2D eigenvalue weighted by molar-refractivity contribution is -0.116. The van der Waals surface area contributed by atoms with Crippen molar-refractivity contribution in [3.63, 3.8) is 0 Å². The second kappa shape index (κ2) is 6.97. The monoisotopic (exact) mass is 378 g/mol. The Kier molecular flexibility index (Phi) is 4.91. The van der Waals surface area contributed by atoms with Crippen LogP contribution in [0, 0.1) is 0 Å². The standard InChI is InChI=1S/C17H18N2O4S2/c1-11-8-17(20)18-15-10-14(6-7-16(15)24-11)25(21,22)19-12-4-3-5-13(9-12)23-2/h3-7,9-11,19H,8H2,1-2H3,(H,18,20). The van der Waals surface area contributed by atoms with Crippen molar-refractivity contribution in [2.24, 2.45) is 0 Å². The molecule has 25 heavy (non-hydrogen) atoms. The molecule has 0 saturated heterocycles. The van der Waals surface area contributed by atoms with Crippen molar-refractivity contribution in [1.29, 1.82) is 0 Å². The van der Waals surface area contributed by atoms with Crippen LogP contribution in [-0.4, -0.2) is 26.7 Å². The summed E-state index contributed by atoms with van der Waals surface area (Å²) >= 11 is 1.55. The molecule has 132 valence electrons. The minimum absolute atomic E-state index is 0.0875. The first-order valence-electron chi connectivity index (χ1n) is 7.65. The largest absolute Gasteiger partial charge is 0.497 e. The summed E-state index contributed by atoms with van der Waals surface area (Å²) in [7, 11) is -2.27. The summed E-state index contributed by atoms with van der Waals surface area (Å²) in [6, 6.07) is 11.4. The number of ether oxygens (including phenoxy) is 1. The fraction of sp³-hybridized carbons (Fsp3) is 0.235. The Bertz CT molecular complexity index is 913. The van der Waals surface area contributed by atoms with Crippen LogP contribution in [0.4, 0.5) is 11.4 Å². The fourth-order valence-electron chi connectivity index (χ4n) is 2.50. The first-order valence-corrected chi connectivity index (χ1v) is 10.0. The normalized spacial score (nSPS) is 17.2. The number of benzene rings is 2. The molecule has 0 aliphatic carbocycles. The predicted molar refractivity (Wildman–Crippen MR) is 98.8 cm³/mol. The van der Waals surface area contributed by atoms with E-state index in [9.17, 15) is 13.2 Å². The average Bonchev–Trinajstić information content (AvgIpc) is 2.70. The topological polar surface area (TPSA) is 84.5 Å². The summed E-state index contributed by atoms with van der Waals surface area (Å²) in [5.74, 6) is 0.439. The van der Waals surface area contributed by atoms with Crippen LogP contribution >= 0.6 is 11.8 Å². The van der Waals surface area contributed by atoms with Gasteiger partial charge in [0.05, 0.1) is 23.4 Å². The summed E-state index contributed by atoms with van der Waals surface area (Å²) in [5, 5.41) is 2.91. The maximum absolute atomic E-state index is 12.6. The van der Waals surface area contributed by atoms with Gasteiger partial charge in [0.1, 0.15) is 5.75 Å². The van der Waals surface area contributed by atoms with Gasteiger partial charge in [-0.15, -0.1) is 11.8 Å². The highest BCUT2D eigenvalue weighted by Crippen LogP contribution is 2.36. The molecule has 0 aromatic heterocycles. The first-order chi connectivity index (χ1) is 11.9. The van der Waals surface area contributed by atoms with E-state index in [0.29, 0.717) is 23.5 Å². The van der Waals surface area contributed by atoms with Crippen molar-refractivity contribution >= 4 is 39.1 Å². The number of nitrogens with one attached hydrogen (secondary N) is 2. The van der Waals surface area contributed by atoms with E-state index in [0.717, 1.165) is 4.90 Å². The lowest BCUT2D eigenvalue weighted by Crippen LogP contribution is -2.15. The highest BCUT2D eigenvalue weighted by molar-refractivity contribution is 8.00. The predicted octanol–water partition coefficient (Wildman–Crippen LogP) is 3.32. The summed E-state index contributed by atoms with van der Waals surface area (Å²) in [5.41, 5.74) is 0.925. The van der Waals surface area contributed by atoms with Crippen molar-refractivity contribution in [3.8, 4) is 5.75 Å². The van der Waals surface area contributed by atoms with Crippen LogP contribution in [0.3, 0.4) is 0 Å². The molecule has 0 radical (unpaired) electrons. The van der Waals surface area contributed by atoms with Crippen LogP contribution in [0.5, 0.6) is 5.75 Å². The third-order valence-electron chi connectivity index (χ3n) is 3.66. The molecular formula is C17H18N2O4S2. The first kappa shape index (κ1) is 17.6. The summed E-state index contributed by atoms with van der Waals surface area (Å²) in [6.45, 7) is 1.97. The van der Waals surface area contributed by atoms with Crippen molar-refractivity contribution in [2.75, 3.05) is 17.1 Å². The quantitative estimate of drug-likeness (QED) is 0.853. The zero-order valence-corrected chi connectivity index (χ0v) is 15.4. The van der Waals surface area contributed by atoms with E-state index in [1.54, 1.807) is 48.2 Å². The van der Waals surface area contributed by atoms with Crippen molar-refractivity contribution in [2.45, 2.75) is 28.4 Å². The van der Waals surface area contributed by atoms with Crippen LogP contribution in [0.1, 0.15) is 13.3 Å². The number of sulfonamides is 1. The van der Waals surface area contributed by atoms with Gasteiger partial charge in [0.15, 0.2) is 0 Å². The fourth-order valence-corrected chi connectivity index (χ4v) is 4.63. The number of anilines is 2. The lowest BCUT2D eigenvalue weighted by atomic mass is 10.3. The van der Waals surface area contributed by atoms with Crippen LogP contribution in [0.25, 0.3) is 0 Å². The smallest absolute Gasteiger partial charge is 0.261 e. The zero-order valence-electron chi connectivity index (χ0n) is 13.8. The summed E-state index contributed by atoms with van der Waals surface area (Å²) < 4.78 is 32.9. The number of carbonyl (C=O) groups is 1. The zero-order chi connectivity index (χ0) is 18.0. The highest BCUT2D eigenvalue weighted by Gasteiger charge is 2.22. The Morgan fingerprint density at radius 2 is 2.04 bits per heavy atom. The third-order valence-corrected chi connectivity index (χ3v) is 6.22. The SMILES string of the molecule is COc1cccc(NS(=O)(=O)c2ccc3c(c2)NC(=O)CC(C)S3)c1. The molecule has 0 bridgehead atoms. The van der Waals surface area contributed by atoms with Crippen LogP contribution in [0.2, 0.25) is 0 Å². The van der Waals surface area contributed by atoms with Gasteiger partial charge in [-0.3, -0.25) is 9.52 Å². The Morgan fingerprint density at radius 3 is 2.80 bits per heavy atom. The Morgan fingerprint density at radius 1 is 1.24 bits per heavy atom. The molecule has 2 aromatic carbocycles. The number of amides is 1. The van der Waals surface area contributed by atoms with Gasteiger partial charge in [-0.2, -0.15) is 0 Å². The van der Waals surface area contributed by atoms with E-state index in [4.69, 9.17) is 4.74 Å². The van der Waals surface area contributed by atoms with Crippen LogP contribution in [0.15, 0.2) is 52.3 Å². The Hall–Kier alpha value is -2.19. The molecule has 1 heterocycles. The third kappa shape index (κ3) is 4.08. The molecule has 1 unspecified atom stereocenters. The minimum Gasteiger partial charge on any atom is -0.497 e. The van der Waals surface area contributed by atoms with Crippen molar-refractivity contribution in [3.05, 3.63) is 42.5 Å². The molecule has 1 amide bonds. The Balaban J connectivity index is 1.91. The van der Waals surface area contributed by atoms with E-state index >= 15 is 0 Å². The molecule has 0 fully saturated rings. The molecule has 2 N–H and O–H groups in total. The molecule has 0 saturated carbocycles. The maximum atomic E-state index is 12.6. The number of methoxy groups -OCH3 is 1. The highest BCUT2D eigenvalue weighted by atomic mass is 32.2. The van der Waals surface area contributed by atoms with Gasteiger partial charge in [0.2, 0.25) is 5.91 Å². The maximum Gasteiger partial charge on any atom is 0.261 e. The number of carbonyl (C=O) groups excluding carboxylic acids is 1. The second-order valence-electron chi connectivity index (χ2n) is 5.68. The molecule has 2 aromatic rings. The molecule has 0 spiro atoms.